The molecule has 7 heteroatoms. The van der Waals surface area contributed by atoms with E-state index in [4.69, 9.17) is 0 Å². The number of sulfone groups is 1. The third-order valence-corrected chi connectivity index (χ3v) is 5.44. The summed E-state index contributed by atoms with van der Waals surface area (Å²) in [4.78, 5) is 25.6. The van der Waals surface area contributed by atoms with Crippen molar-refractivity contribution in [2.75, 3.05) is 12.8 Å². The van der Waals surface area contributed by atoms with E-state index in [1.807, 2.05) is 0 Å². The minimum atomic E-state index is -3.45. The van der Waals surface area contributed by atoms with E-state index in [-0.39, 0.29) is 10.5 Å². The number of hydrogen-bond acceptors (Lipinski definition) is 4. The Hall–Kier alpha value is -1.89. The zero-order chi connectivity index (χ0) is 17.4. The molecule has 23 heavy (non-hydrogen) atoms. The molecule has 1 N–H and O–H groups in total. The Labute approximate surface area is 136 Å². The topological polar surface area (TPSA) is 91.8 Å². The first kappa shape index (κ1) is 17.5. The van der Waals surface area contributed by atoms with Crippen LogP contribution in [0.1, 0.15) is 40.7 Å². The van der Waals surface area contributed by atoms with Crippen LogP contribution in [0.4, 0.5) is 0 Å². The molecule has 1 aliphatic heterocycles. The first-order valence-corrected chi connectivity index (χ1v) is 9.37. The Kier molecular flexibility index (Phi) is 4.79. The fourth-order valence-corrected chi connectivity index (χ4v) is 3.57. The number of carbonyl (C=O) groups is 2. The number of rotatable bonds is 3. The van der Waals surface area contributed by atoms with Gasteiger partial charge in [0.1, 0.15) is 6.04 Å². The molecule has 1 heterocycles. The third kappa shape index (κ3) is 3.55. The lowest BCUT2D eigenvalue weighted by Gasteiger charge is -2.33. The Balaban J connectivity index is 2.50. The maximum Gasteiger partial charge on any atom is 0.326 e. The van der Waals surface area contributed by atoms with Crippen molar-refractivity contribution in [2.24, 2.45) is 0 Å². The largest absolute Gasteiger partial charge is 0.480 e. The average molecular weight is 339 g/mol. The molecular weight excluding hydrogens is 318 g/mol. The van der Waals surface area contributed by atoms with Gasteiger partial charge in [0, 0.05) is 18.4 Å². The van der Waals surface area contributed by atoms with Crippen LogP contribution in [0, 0.1) is 13.8 Å². The van der Waals surface area contributed by atoms with Gasteiger partial charge in [-0.25, -0.2) is 13.2 Å². The van der Waals surface area contributed by atoms with Gasteiger partial charge in [0.05, 0.1) is 4.90 Å². The SMILES string of the molecule is Cc1cc(S(C)(=O)=O)cc(C(=O)N2CCCCC2C(=O)O)c1C. The maximum absolute atomic E-state index is 12.8. The van der Waals surface area contributed by atoms with Gasteiger partial charge in [-0.1, -0.05) is 0 Å². The lowest BCUT2D eigenvalue weighted by Crippen LogP contribution is -2.48. The van der Waals surface area contributed by atoms with Crippen LogP contribution >= 0.6 is 0 Å². The second kappa shape index (κ2) is 6.31. The monoisotopic (exact) mass is 339 g/mol. The highest BCUT2D eigenvalue weighted by molar-refractivity contribution is 7.90. The highest BCUT2D eigenvalue weighted by Gasteiger charge is 2.33. The van der Waals surface area contributed by atoms with E-state index in [2.05, 4.69) is 0 Å². The first-order valence-electron chi connectivity index (χ1n) is 7.48. The van der Waals surface area contributed by atoms with Gasteiger partial charge in [0.15, 0.2) is 9.84 Å². The van der Waals surface area contributed by atoms with E-state index < -0.39 is 27.8 Å². The molecule has 0 saturated carbocycles. The molecule has 1 aromatic rings. The van der Waals surface area contributed by atoms with E-state index in [1.165, 1.54) is 17.0 Å². The minimum Gasteiger partial charge on any atom is -0.480 e. The Morgan fingerprint density at radius 2 is 1.87 bits per heavy atom. The number of carbonyl (C=O) groups excluding carboxylic acids is 1. The highest BCUT2D eigenvalue weighted by atomic mass is 32.2. The fraction of sp³-hybridized carbons (Fsp3) is 0.500. The molecule has 126 valence electrons. The number of aliphatic carboxylic acids is 1. The van der Waals surface area contributed by atoms with Crippen molar-refractivity contribution < 1.29 is 23.1 Å². The van der Waals surface area contributed by atoms with Crippen molar-refractivity contribution in [2.45, 2.75) is 44.0 Å². The number of aryl methyl sites for hydroxylation is 1. The van der Waals surface area contributed by atoms with Crippen molar-refractivity contribution in [3.63, 3.8) is 0 Å². The van der Waals surface area contributed by atoms with Crippen LogP contribution in [0.3, 0.4) is 0 Å². The summed E-state index contributed by atoms with van der Waals surface area (Å²) in [5.41, 5.74) is 1.64. The number of carboxylic acid groups (broad SMARTS) is 1. The summed E-state index contributed by atoms with van der Waals surface area (Å²) in [6, 6.07) is 2.04. The zero-order valence-electron chi connectivity index (χ0n) is 13.5. The predicted molar refractivity (Wildman–Crippen MR) is 85.3 cm³/mol. The lowest BCUT2D eigenvalue weighted by molar-refractivity contribution is -0.143. The zero-order valence-corrected chi connectivity index (χ0v) is 14.3. The van der Waals surface area contributed by atoms with Crippen molar-refractivity contribution in [3.05, 3.63) is 28.8 Å². The van der Waals surface area contributed by atoms with E-state index >= 15 is 0 Å². The van der Waals surface area contributed by atoms with E-state index in [0.29, 0.717) is 24.1 Å². The van der Waals surface area contributed by atoms with Crippen LogP contribution in [-0.4, -0.2) is 49.1 Å². The first-order chi connectivity index (χ1) is 10.6. The molecule has 2 rings (SSSR count). The van der Waals surface area contributed by atoms with E-state index in [1.54, 1.807) is 13.8 Å². The quantitative estimate of drug-likeness (QED) is 0.906. The summed E-state index contributed by atoms with van der Waals surface area (Å²) in [7, 11) is -3.45. The second-order valence-electron chi connectivity index (χ2n) is 6.03. The molecule has 1 fully saturated rings. The van der Waals surface area contributed by atoms with E-state index in [9.17, 15) is 23.1 Å². The van der Waals surface area contributed by atoms with Crippen molar-refractivity contribution in [1.29, 1.82) is 0 Å². The van der Waals surface area contributed by atoms with Gasteiger partial charge in [0.2, 0.25) is 0 Å². The van der Waals surface area contributed by atoms with Gasteiger partial charge in [-0.2, -0.15) is 0 Å². The molecular formula is C16H21NO5S. The number of likely N-dealkylation sites (tertiary alicyclic amines) is 1. The van der Waals surface area contributed by atoms with Crippen LogP contribution in [0.25, 0.3) is 0 Å². The van der Waals surface area contributed by atoms with Crippen molar-refractivity contribution in [3.8, 4) is 0 Å². The molecule has 0 aliphatic carbocycles. The number of amides is 1. The van der Waals surface area contributed by atoms with Gasteiger partial charge in [0.25, 0.3) is 5.91 Å². The summed E-state index contributed by atoms with van der Waals surface area (Å²) in [5.74, 6) is -1.44. The maximum atomic E-state index is 12.8. The Morgan fingerprint density at radius 3 is 2.43 bits per heavy atom. The van der Waals surface area contributed by atoms with Crippen LogP contribution in [0.5, 0.6) is 0 Å². The minimum absolute atomic E-state index is 0.0767. The summed E-state index contributed by atoms with van der Waals surface area (Å²) in [5, 5.41) is 9.32. The number of benzene rings is 1. The number of nitrogens with zero attached hydrogens (tertiary/aromatic N) is 1. The van der Waals surface area contributed by atoms with Gasteiger partial charge < -0.3 is 10.0 Å². The molecule has 0 spiro atoms. The van der Waals surface area contributed by atoms with E-state index in [0.717, 1.165) is 19.1 Å². The molecule has 1 aliphatic rings. The van der Waals surface area contributed by atoms with Gasteiger partial charge in [-0.05, 0) is 56.4 Å². The smallest absolute Gasteiger partial charge is 0.326 e. The van der Waals surface area contributed by atoms with Crippen molar-refractivity contribution >= 4 is 21.7 Å². The molecule has 1 aromatic carbocycles. The molecule has 1 atom stereocenters. The van der Waals surface area contributed by atoms with Crippen LogP contribution in [0.2, 0.25) is 0 Å². The second-order valence-corrected chi connectivity index (χ2v) is 8.05. The molecule has 0 aromatic heterocycles. The van der Waals surface area contributed by atoms with Crippen LogP contribution in [-0.2, 0) is 14.6 Å². The average Bonchev–Trinajstić information content (AvgIpc) is 2.48. The predicted octanol–water partition coefficient (Wildman–Crippen LogP) is 1.79. The standard InChI is InChI=1S/C16H21NO5S/c1-10-8-12(23(3,21)22)9-13(11(10)2)15(18)17-7-5-4-6-14(17)16(19)20/h8-9,14H,4-7H2,1-3H3,(H,19,20). The Bertz CT molecular complexity index is 754. The molecule has 6 nitrogen and oxygen atoms in total. The molecule has 0 radical (unpaired) electrons. The normalized spacial score (nSPS) is 18.7. The Morgan fingerprint density at radius 1 is 1.22 bits per heavy atom. The molecule has 0 bridgehead atoms. The number of piperidine rings is 1. The summed E-state index contributed by atoms with van der Waals surface area (Å²) in [6.45, 7) is 3.86. The molecule has 1 saturated heterocycles. The molecule has 1 amide bonds. The third-order valence-electron chi connectivity index (χ3n) is 4.35. The molecule has 1 unspecified atom stereocenters. The van der Waals surface area contributed by atoms with Gasteiger partial charge in [-0.15, -0.1) is 0 Å². The van der Waals surface area contributed by atoms with Crippen molar-refractivity contribution in [1.82, 2.24) is 4.90 Å². The lowest BCUT2D eigenvalue weighted by atomic mass is 9.98. The van der Waals surface area contributed by atoms with Gasteiger partial charge in [-0.3, -0.25) is 4.79 Å². The summed E-state index contributed by atoms with van der Waals surface area (Å²) < 4.78 is 23.6. The van der Waals surface area contributed by atoms with Crippen LogP contribution < -0.4 is 0 Å². The van der Waals surface area contributed by atoms with Gasteiger partial charge >= 0.3 is 5.97 Å². The highest BCUT2D eigenvalue weighted by Crippen LogP contribution is 2.25. The fourth-order valence-electron chi connectivity index (χ4n) is 2.85. The number of hydrogen-bond donors (Lipinski definition) is 1. The van der Waals surface area contributed by atoms with Crippen LogP contribution in [0.15, 0.2) is 17.0 Å². The summed E-state index contributed by atoms with van der Waals surface area (Å²) >= 11 is 0. The number of carboxylic acids is 1. The summed E-state index contributed by atoms with van der Waals surface area (Å²) in [6.07, 6.45) is 3.03.